The third-order valence-electron chi connectivity index (χ3n) is 0.744. The number of rotatable bonds is 3. The van der Waals surface area contributed by atoms with Crippen molar-refractivity contribution < 1.29 is 9.90 Å². The summed E-state index contributed by atoms with van der Waals surface area (Å²) >= 11 is 0. The SMILES string of the molecule is C[SiH2]CCC(=O)O. The van der Waals surface area contributed by atoms with Crippen molar-refractivity contribution >= 4 is 15.5 Å². The molecule has 0 aromatic carbocycles. The number of aliphatic carboxylic acids is 1. The van der Waals surface area contributed by atoms with Gasteiger partial charge >= 0.3 is 5.97 Å². The summed E-state index contributed by atoms with van der Waals surface area (Å²) in [6.45, 7) is 2.11. The third kappa shape index (κ3) is 5.69. The maximum absolute atomic E-state index is 9.78. The molecular formula is C4H10O2Si. The zero-order valence-corrected chi connectivity index (χ0v) is 5.89. The van der Waals surface area contributed by atoms with Crippen LogP contribution in [0.15, 0.2) is 0 Å². The van der Waals surface area contributed by atoms with Gasteiger partial charge in [-0.1, -0.05) is 12.6 Å². The van der Waals surface area contributed by atoms with E-state index in [1.165, 1.54) is 0 Å². The van der Waals surface area contributed by atoms with Crippen molar-refractivity contribution in [2.45, 2.75) is 19.0 Å². The van der Waals surface area contributed by atoms with Crippen LogP contribution in [0, 0.1) is 0 Å². The van der Waals surface area contributed by atoms with Crippen molar-refractivity contribution in [2.75, 3.05) is 0 Å². The van der Waals surface area contributed by atoms with Crippen LogP contribution in [0.3, 0.4) is 0 Å². The molecule has 0 aromatic rings. The highest BCUT2D eigenvalue weighted by Crippen LogP contribution is 1.85. The van der Waals surface area contributed by atoms with Crippen molar-refractivity contribution in [2.24, 2.45) is 0 Å². The smallest absolute Gasteiger partial charge is 0.303 e. The first-order valence-corrected chi connectivity index (χ1v) is 4.90. The molecule has 0 aliphatic heterocycles. The zero-order chi connectivity index (χ0) is 5.70. The highest BCUT2D eigenvalue weighted by molar-refractivity contribution is 6.33. The Balaban J connectivity index is 2.82. The van der Waals surface area contributed by atoms with Gasteiger partial charge in [-0.25, -0.2) is 0 Å². The molecule has 0 unspecified atom stereocenters. The van der Waals surface area contributed by atoms with Crippen LogP contribution in [-0.4, -0.2) is 20.6 Å². The lowest BCUT2D eigenvalue weighted by Gasteiger charge is -1.84. The van der Waals surface area contributed by atoms with E-state index in [-0.39, 0.29) is 9.52 Å². The average molecular weight is 118 g/mol. The van der Waals surface area contributed by atoms with E-state index >= 15 is 0 Å². The molecule has 0 spiro atoms. The van der Waals surface area contributed by atoms with Crippen molar-refractivity contribution in [3.05, 3.63) is 0 Å². The fourth-order valence-electron chi connectivity index (χ4n) is 0.328. The van der Waals surface area contributed by atoms with Gasteiger partial charge in [0.2, 0.25) is 0 Å². The fraction of sp³-hybridized carbons (Fsp3) is 0.750. The summed E-state index contributed by atoms with van der Waals surface area (Å²) in [7, 11) is -0.00965. The summed E-state index contributed by atoms with van der Waals surface area (Å²) in [5, 5.41) is 8.07. The number of hydrogen-bond donors (Lipinski definition) is 1. The van der Waals surface area contributed by atoms with Gasteiger partial charge in [-0.15, -0.1) is 0 Å². The second-order valence-corrected chi connectivity index (χ2v) is 3.20. The molecule has 0 saturated carbocycles. The Labute approximate surface area is 45.4 Å². The predicted octanol–water partition coefficient (Wildman–Crippen LogP) is 0.0963. The van der Waals surface area contributed by atoms with Gasteiger partial charge in [0.15, 0.2) is 0 Å². The van der Waals surface area contributed by atoms with Crippen molar-refractivity contribution in [3.63, 3.8) is 0 Å². The van der Waals surface area contributed by atoms with Gasteiger partial charge in [-0.2, -0.15) is 0 Å². The van der Waals surface area contributed by atoms with E-state index in [9.17, 15) is 4.79 Å². The molecule has 0 rings (SSSR count). The Morgan fingerprint density at radius 1 is 1.86 bits per heavy atom. The topological polar surface area (TPSA) is 37.3 Å². The molecule has 0 heterocycles. The van der Waals surface area contributed by atoms with Crippen molar-refractivity contribution in [1.29, 1.82) is 0 Å². The second kappa shape index (κ2) is 3.86. The molecule has 0 aromatic heterocycles. The predicted molar refractivity (Wildman–Crippen MR) is 31.5 cm³/mol. The van der Waals surface area contributed by atoms with Crippen LogP contribution in [0.2, 0.25) is 12.6 Å². The lowest BCUT2D eigenvalue weighted by Crippen LogP contribution is -1.94. The number of carboxylic acid groups (broad SMARTS) is 1. The van der Waals surface area contributed by atoms with Crippen molar-refractivity contribution in [1.82, 2.24) is 0 Å². The van der Waals surface area contributed by atoms with Crippen LogP contribution in [0.25, 0.3) is 0 Å². The molecule has 1 N–H and O–H groups in total. The van der Waals surface area contributed by atoms with E-state index in [0.29, 0.717) is 6.42 Å². The molecule has 3 heteroatoms. The van der Waals surface area contributed by atoms with Crippen LogP contribution in [-0.2, 0) is 4.79 Å². The van der Waals surface area contributed by atoms with E-state index in [2.05, 4.69) is 6.55 Å². The van der Waals surface area contributed by atoms with Crippen LogP contribution in [0.4, 0.5) is 0 Å². The minimum absolute atomic E-state index is 0.00965. The number of carbonyl (C=O) groups is 1. The Morgan fingerprint density at radius 3 is 2.57 bits per heavy atom. The molecule has 0 fully saturated rings. The number of hydrogen-bond acceptors (Lipinski definition) is 1. The van der Waals surface area contributed by atoms with Gasteiger partial charge < -0.3 is 5.11 Å². The maximum atomic E-state index is 9.78. The Hall–Kier alpha value is -0.313. The second-order valence-electron chi connectivity index (χ2n) is 1.50. The summed E-state index contributed by atoms with van der Waals surface area (Å²) in [4.78, 5) is 9.78. The Kier molecular flexibility index (Phi) is 3.69. The van der Waals surface area contributed by atoms with Gasteiger partial charge in [0.1, 0.15) is 0 Å². The Morgan fingerprint density at radius 2 is 2.43 bits per heavy atom. The normalized spacial score (nSPS) is 10.4. The quantitative estimate of drug-likeness (QED) is 0.533. The minimum Gasteiger partial charge on any atom is -0.481 e. The number of carboxylic acids is 1. The Bertz CT molecular complexity index is 62.7. The first kappa shape index (κ1) is 6.69. The molecule has 0 bridgehead atoms. The monoisotopic (exact) mass is 118 g/mol. The lowest BCUT2D eigenvalue weighted by molar-refractivity contribution is -0.136. The van der Waals surface area contributed by atoms with Gasteiger partial charge in [0.25, 0.3) is 0 Å². The van der Waals surface area contributed by atoms with E-state index < -0.39 is 5.97 Å². The third-order valence-corrected chi connectivity index (χ3v) is 1.80. The van der Waals surface area contributed by atoms with Gasteiger partial charge in [-0.3, -0.25) is 4.79 Å². The highest BCUT2D eigenvalue weighted by atomic mass is 28.2. The zero-order valence-electron chi connectivity index (χ0n) is 4.48. The van der Waals surface area contributed by atoms with E-state index in [1.54, 1.807) is 0 Å². The molecule has 7 heavy (non-hydrogen) atoms. The molecule has 0 aliphatic rings. The largest absolute Gasteiger partial charge is 0.481 e. The first-order chi connectivity index (χ1) is 3.27. The molecule has 0 aliphatic carbocycles. The maximum Gasteiger partial charge on any atom is 0.303 e. The van der Waals surface area contributed by atoms with E-state index in [1.807, 2.05) is 0 Å². The molecule has 0 atom stereocenters. The van der Waals surface area contributed by atoms with Crippen LogP contribution in [0.1, 0.15) is 6.42 Å². The molecule has 2 nitrogen and oxygen atoms in total. The summed E-state index contributed by atoms with van der Waals surface area (Å²) in [6, 6.07) is 0.940. The molecular weight excluding hydrogens is 108 g/mol. The molecule has 0 radical (unpaired) electrons. The highest BCUT2D eigenvalue weighted by Gasteiger charge is 1.91. The average Bonchev–Trinajstić information content (AvgIpc) is 1.61. The van der Waals surface area contributed by atoms with Crippen LogP contribution in [0.5, 0.6) is 0 Å². The summed E-state index contributed by atoms with van der Waals surface area (Å²) in [5.41, 5.74) is 0. The fourth-order valence-corrected chi connectivity index (χ4v) is 0.984. The van der Waals surface area contributed by atoms with Crippen molar-refractivity contribution in [3.8, 4) is 0 Å². The minimum atomic E-state index is -0.658. The van der Waals surface area contributed by atoms with E-state index in [4.69, 9.17) is 5.11 Å². The first-order valence-electron chi connectivity index (χ1n) is 2.49. The van der Waals surface area contributed by atoms with Gasteiger partial charge in [0.05, 0.1) is 0 Å². The summed E-state index contributed by atoms with van der Waals surface area (Å²) < 4.78 is 0. The van der Waals surface area contributed by atoms with Gasteiger partial charge in [-0.05, 0) is 0 Å². The molecule has 42 valence electrons. The van der Waals surface area contributed by atoms with E-state index in [0.717, 1.165) is 6.04 Å². The summed E-state index contributed by atoms with van der Waals surface area (Å²) in [5.74, 6) is -0.658. The standard InChI is InChI=1S/C4H10O2Si/c1-7-3-2-4(5)6/h2-3,7H2,1H3,(H,5,6). The lowest BCUT2D eigenvalue weighted by atomic mass is 10.5. The summed E-state index contributed by atoms with van der Waals surface area (Å²) in [6.07, 6.45) is 0.378. The van der Waals surface area contributed by atoms with Crippen LogP contribution < -0.4 is 0 Å². The molecule has 0 saturated heterocycles. The van der Waals surface area contributed by atoms with Crippen LogP contribution >= 0.6 is 0 Å². The van der Waals surface area contributed by atoms with Gasteiger partial charge in [0, 0.05) is 15.9 Å². The molecule has 0 amide bonds.